The number of rotatable bonds is 9. The zero-order valence-corrected chi connectivity index (χ0v) is 35.8. The van der Waals surface area contributed by atoms with E-state index in [1.807, 2.05) is 6.26 Å². The van der Waals surface area contributed by atoms with Crippen molar-refractivity contribution >= 4 is 25.7 Å². The van der Waals surface area contributed by atoms with Gasteiger partial charge in [0.15, 0.2) is 0 Å². The molecule has 4 saturated heterocycles. The fourth-order valence-electron chi connectivity index (χ4n) is 12.3. The minimum absolute atomic E-state index is 0.234. The second-order valence-electron chi connectivity index (χ2n) is 17.9. The van der Waals surface area contributed by atoms with Crippen LogP contribution in [0, 0.1) is 11.5 Å². The molecule has 4 fully saturated rings. The Labute approximate surface area is 341 Å². The number of aryl methyl sites for hydroxylation is 4. The number of primary sulfonamides is 1. The number of sulfonamides is 2. The Hall–Kier alpha value is -2.73. The average Bonchev–Trinajstić information content (AvgIpc) is 4.05. The number of nitriles is 1. The Morgan fingerprint density at radius 1 is 0.667 bits per heavy atom. The lowest BCUT2D eigenvalue weighted by Gasteiger charge is -2.37. The van der Waals surface area contributed by atoms with Gasteiger partial charge in [0.05, 0.1) is 17.2 Å². The van der Waals surface area contributed by atoms with Gasteiger partial charge < -0.3 is 10.1 Å². The average molecular weight is 821 g/mol. The molecule has 2 aromatic rings. The zero-order valence-electron chi connectivity index (χ0n) is 34.2. The first-order chi connectivity index (χ1) is 27.5. The van der Waals surface area contributed by atoms with E-state index < -0.39 is 20.0 Å². The van der Waals surface area contributed by atoms with Gasteiger partial charge in [-0.05, 0) is 186 Å². The molecule has 2 unspecified atom stereocenters. The van der Waals surface area contributed by atoms with Crippen LogP contribution in [0.2, 0.25) is 0 Å². The summed E-state index contributed by atoms with van der Waals surface area (Å²) in [4.78, 5) is 4.95. The Morgan fingerprint density at radius 2 is 1.07 bits per heavy atom. The van der Waals surface area contributed by atoms with Gasteiger partial charge in [-0.3, -0.25) is 9.80 Å². The van der Waals surface area contributed by atoms with E-state index in [1.54, 1.807) is 0 Å². The van der Waals surface area contributed by atoms with Crippen molar-refractivity contribution in [2.24, 2.45) is 5.14 Å². The van der Waals surface area contributed by atoms with E-state index in [0.29, 0.717) is 30.8 Å². The van der Waals surface area contributed by atoms with Gasteiger partial charge in [-0.1, -0.05) is 26.0 Å². The third-order valence-corrected chi connectivity index (χ3v) is 18.0. The van der Waals surface area contributed by atoms with Crippen LogP contribution in [-0.4, -0.2) is 81.1 Å². The van der Waals surface area contributed by atoms with E-state index >= 15 is 0 Å². The quantitative estimate of drug-likeness (QED) is 0.211. The summed E-state index contributed by atoms with van der Waals surface area (Å²) in [6.07, 6.45) is 23.4. The molecule has 8 aliphatic rings. The Balaban J connectivity index is 0.000000132. The van der Waals surface area contributed by atoms with E-state index in [9.17, 15) is 16.8 Å². The number of fused-ring (bicyclic) bond motifs is 8. The SMILES string of the molecule is CCN1[C@@H]2CC[C@H]1CC(S(=O)(=O)NCNc1c3c(cc4c1CCC4)CCC3)C2.CCN1[C@@H]2CC[C@H]1CC(S(N)(=O)=O)C2.N#COc1c2c(cc3c1CCC3)CCC2. The third-order valence-electron chi connectivity index (χ3n) is 14.9. The molecule has 4 aliphatic carbocycles. The fourth-order valence-corrected chi connectivity index (χ4v) is 14.7. The molecule has 4 aliphatic heterocycles. The van der Waals surface area contributed by atoms with Crippen molar-refractivity contribution in [1.29, 1.82) is 5.26 Å². The molecule has 4 N–H and O–H groups in total. The van der Waals surface area contributed by atoms with Gasteiger partial charge in [0.2, 0.25) is 20.0 Å². The molecule has 0 radical (unpaired) electrons. The summed E-state index contributed by atoms with van der Waals surface area (Å²) in [5, 5.41) is 16.9. The first-order valence-electron chi connectivity index (χ1n) is 22.1. The largest absolute Gasteiger partial charge is 0.387 e. The molecule has 0 saturated carbocycles. The number of nitrogens with one attached hydrogen (secondary N) is 2. The standard InChI is InChI=1S/C22H33N3O2S.C13H13NO.C9H18N2O2S/c1-2-25-17-9-10-18(25)13-19(12-17)28(26,27)24-14-23-22-20-7-3-5-15(20)11-16-6-4-8-21(16)22;14-8-15-13-11-5-1-3-9(11)7-10-4-2-6-12(10)13;1-2-11-7-3-4-8(11)6-9(5-7)14(10,12)13/h11,17-19,23-24H,2-10,12-14H2,1H3;7H,1-6H2;7-9H,2-6H2,1H3,(H2,10,12,13)/t17-,18+,19?;;7-,8+,9?. The summed E-state index contributed by atoms with van der Waals surface area (Å²) in [5.41, 5.74) is 12.5. The lowest BCUT2D eigenvalue weighted by molar-refractivity contribution is 0.150. The summed E-state index contributed by atoms with van der Waals surface area (Å²) >= 11 is 0. The zero-order chi connectivity index (χ0) is 39.9. The van der Waals surface area contributed by atoms with Crippen LogP contribution in [0.25, 0.3) is 0 Å². The maximum absolute atomic E-state index is 13.0. The van der Waals surface area contributed by atoms with Gasteiger partial charge in [0.25, 0.3) is 6.26 Å². The van der Waals surface area contributed by atoms with Gasteiger partial charge in [0, 0.05) is 29.9 Å². The van der Waals surface area contributed by atoms with Crippen molar-refractivity contribution < 1.29 is 21.6 Å². The van der Waals surface area contributed by atoms with E-state index in [4.69, 9.17) is 15.1 Å². The molecule has 57 heavy (non-hydrogen) atoms. The minimum Gasteiger partial charge on any atom is -0.387 e. The molecule has 10 rings (SSSR count). The van der Waals surface area contributed by atoms with Crippen LogP contribution in [0.5, 0.6) is 5.75 Å². The fraction of sp³-hybridized carbons (Fsp3) is 0.705. The number of hydrogen-bond acceptors (Lipinski definition) is 9. The first kappa shape index (κ1) is 41.0. The number of benzene rings is 2. The molecule has 4 heterocycles. The van der Waals surface area contributed by atoms with Crippen molar-refractivity contribution in [2.45, 2.75) is 177 Å². The highest BCUT2D eigenvalue weighted by atomic mass is 32.2. The monoisotopic (exact) mass is 820 g/mol. The van der Waals surface area contributed by atoms with Gasteiger partial charge in [-0.15, -0.1) is 5.26 Å². The van der Waals surface area contributed by atoms with E-state index in [2.05, 4.69) is 45.8 Å². The number of nitrogens with zero attached hydrogens (tertiary/aromatic N) is 3. The normalized spacial score (nSPS) is 28.3. The highest BCUT2D eigenvalue weighted by molar-refractivity contribution is 7.90. The predicted molar refractivity (Wildman–Crippen MR) is 225 cm³/mol. The number of ether oxygens (including phenoxy) is 1. The number of hydrogen-bond donors (Lipinski definition) is 3. The van der Waals surface area contributed by atoms with Crippen molar-refractivity contribution in [2.75, 3.05) is 25.1 Å². The molecule has 312 valence electrons. The molecule has 0 amide bonds. The van der Waals surface area contributed by atoms with Crippen molar-refractivity contribution in [1.82, 2.24) is 14.5 Å². The van der Waals surface area contributed by atoms with Crippen molar-refractivity contribution in [3.05, 3.63) is 56.6 Å². The van der Waals surface area contributed by atoms with E-state index in [1.165, 1.54) is 88.7 Å². The Morgan fingerprint density at radius 3 is 1.47 bits per heavy atom. The number of piperidine rings is 2. The molecular weight excluding hydrogens is 757 g/mol. The van der Waals surface area contributed by atoms with Crippen LogP contribution in [0.3, 0.4) is 0 Å². The molecule has 6 atom stereocenters. The molecule has 0 spiro atoms. The Kier molecular flexibility index (Phi) is 12.3. The molecule has 13 heteroatoms. The molecular formula is C44H64N6O5S2. The maximum atomic E-state index is 13.0. The summed E-state index contributed by atoms with van der Waals surface area (Å²) in [5.74, 6) is 0.903. The van der Waals surface area contributed by atoms with Crippen LogP contribution in [0.1, 0.15) is 135 Å². The first-order valence-corrected chi connectivity index (χ1v) is 25.3. The van der Waals surface area contributed by atoms with Gasteiger partial charge in [0.1, 0.15) is 5.75 Å². The van der Waals surface area contributed by atoms with Crippen LogP contribution >= 0.6 is 0 Å². The van der Waals surface area contributed by atoms with Gasteiger partial charge in [-0.2, -0.15) is 4.72 Å². The predicted octanol–water partition coefficient (Wildman–Crippen LogP) is 5.78. The number of nitrogens with two attached hydrogens (primary N) is 1. The molecule has 0 aromatic heterocycles. The number of anilines is 1. The van der Waals surface area contributed by atoms with Crippen LogP contribution in [-0.2, 0) is 71.4 Å². The second-order valence-corrected chi connectivity index (χ2v) is 21.8. The van der Waals surface area contributed by atoms with Crippen molar-refractivity contribution in [3.8, 4) is 12.0 Å². The third kappa shape index (κ3) is 8.38. The highest BCUT2D eigenvalue weighted by Crippen LogP contribution is 2.42. The summed E-state index contributed by atoms with van der Waals surface area (Å²) in [7, 11) is -6.59. The second kappa shape index (κ2) is 17.1. The van der Waals surface area contributed by atoms with Crippen LogP contribution < -0.4 is 19.9 Å². The van der Waals surface area contributed by atoms with Crippen LogP contribution in [0.15, 0.2) is 12.1 Å². The summed E-state index contributed by atoms with van der Waals surface area (Å²) in [6.45, 7) is 6.73. The van der Waals surface area contributed by atoms with Crippen LogP contribution in [0.4, 0.5) is 5.69 Å². The smallest absolute Gasteiger partial charge is 0.292 e. The topological polar surface area (TPSA) is 158 Å². The van der Waals surface area contributed by atoms with Crippen molar-refractivity contribution in [3.63, 3.8) is 0 Å². The molecule has 11 nitrogen and oxygen atoms in total. The molecule has 4 bridgehead atoms. The summed E-state index contributed by atoms with van der Waals surface area (Å²) in [6, 6.07) is 6.59. The summed E-state index contributed by atoms with van der Waals surface area (Å²) < 4.78 is 56.6. The Bertz CT molecular complexity index is 1990. The lowest BCUT2D eigenvalue weighted by atomic mass is 9.99. The lowest BCUT2D eigenvalue weighted by Crippen LogP contribution is -2.49. The van der Waals surface area contributed by atoms with E-state index in [-0.39, 0.29) is 10.5 Å². The highest BCUT2D eigenvalue weighted by Gasteiger charge is 2.45. The minimum atomic E-state index is -3.31. The molecule has 2 aromatic carbocycles. The van der Waals surface area contributed by atoms with E-state index in [0.717, 1.165) is 109 Å². The van der Waals surface area contributed by atoms with Gasteiger partial charge >= 0.3 is 0 Å². The maximum Gasteiger partial charge on any atom is 0.292 e. The van der Waals surface area contributed by atoms with Gasteiger partial charge in [-0.25, -0.2) is 22.0 Å².